The molecule has 1 N–H and O–H groups in total. The van der Waals surface area contributed by atoms with Crippen LogP contribution in [0.25, 0.3) is 0 Å². The Morgan fingerprint density at radius 1 is 1.30 bits per heavy atom. The van der Waals surface area contributed by atoms with Crippen molar-refractivity contribution in [2.75, 3.05) is 6.61 Å². The number of hydrogen-bond donors (Lipinski definition) is 1. The van der Waals surface area contributed by atoms with E-state index in [9.17, 15) is 14.7 Å². The lowest BCUT2D eigenvalue weighted by atomic mass is 9.86. The van der Waals surface area contributed by atoms with Crippen LogP contribution in [-0.2, 0) is 11.2 Å². The molecule has 1 heterocycles. The molecule has 0 amide bonds. The van der Waals surface area contributed by atoms with Gasteiger partial charge >= 0.3 is 0 Å². The van der Waals surface area contributed by atoms with Gasteiger partial charge in [0, 0.05) is 5.41 Å². The van der Waals surface area contributed by atoms with Gasteiger partial charge in [0.2, 0.25) is 0 Å². The van der Waals surface area contributed by atoms with E-state index in [1.165, 1.54) is 0 Å². The summed E-state index contributed by atoms with van der Waals surface area (Å²) in [6.07, 6.45) is 1.54. The molecule has 20 heavy (non-hydrogen) atoms. The molecule has 0 saturated heterocycles. The fourth-order valence-electron chi connectivity index (χ4n) is 2.12. The monoisotopic (exact) mass is 276 g/mol. The van der Waals surface area contributed by atoms with Crippen LogP contribution in [0, 0.1) is 5.41 Å². The van der Waals surface area contributed by atoms with Gasteiger partial charge in [0.15, 0.2) is 5.78 Å². The molecule has 1 aliphatic heterocycles. The highest BCUT2D eigenvalue weighted by molar-refractivity contribution is 6.10. The average molecular weight is 276 g/mol. The summed E-state index contributed by atoms with van der Waals surface area (Å²) < 4.78 is 5.49. The fourth-order valence-corrected chi connectivity index (χ4v) is 2.12. The van der Waals surface area contributed by atoms with E-state index in [1.807, 2.05) is 0 Å². The van der Waals surface area contributed by atoms with Crippen LogP contribution < -0.4 is 4.74 Å². The molecular formula is C16H20O4. The normalized spacial score (nSPS) is 14.3. The van der Waals surface area contributed by atoms with Crippen LogP contribution >= 0.6 is 0 Å². The lowest BCUT2D eigenvalue weighted by Crippen LogP contribution is -2.23. The molecule has 4 heteroatoms. The Morgan fingerprint density at radius 3 is 2.65 bits per heavy atom. The zero-order chi connectivity index (χ0) is 14.9. The molecule has 1 aromatic rings. The van der Waals surface area contributed by atoms with Crippen LogP contribution in [0.15, 0.2) is 12.1 Å². The summed E-state index contributed by atoms with van der Waals surface area (Å²) in [6.45, 7) is 5.95. The highest BCUT2D eigenvalue weighted by atomic mass is 16.5. The van der Waals surface area contributed by atoms with Gasteiger partial charge in [-0.2, -0.15) is 0 Å². The molecule has 0 aliphatic carbocycles. The number of benzene rings is 1. The number of carbonyl (C=O) groups is 2. The molecule has 4 nitrogen and oxygen atoms in total. The number of ether oxygens (including phenoxy) is 1. The first-order valence-corrected chi connectivity index (χ1v) is 6.84. The fraction of sp³-hybridized carbons (Fsp3) is 0.500. The van der Waals surface area contributed by atoms with Crippen molar-refractivity contribution in [3.63, 3.8) is 0 Å². The summed E-state index contributed by atoms with van der Waals surface area (Å²) in [6, 6.07) is 3.13. The number of rotatable bonds is 3. The maximum atomic E-state index is 12.2. The number of hydrogen-bond acceptors (Lipinski definition) is 4. The van der Waals surface area contributed by atoms with Crippen LogP contribution in [0.2, 0.25) is 0 Å². The van der Waals surface area contributed by atoms with Gasteiger partial charge in [0.05, 0.1) is 18.6 Å². The van der Waals surface area contributed by atoms with E-state index in [0.29, 0.717) is 12.4 Å². The topological polar surface area (TPSA) is 63.6 Å². The number of ketones is 2. The maximum absolute atomic E-state index is 12.2. The Hall–Kier alpha value is -1.84. The predicted octanol–water partition coefficient (Wildman–Crippen LogP) is 2.91. The van der Waals surface area contributed by atoms with Crippen molar-refractivity contribution in [1.82, 2.24) is 0 Å². The van der Waals surface area contributed by atoms with Crippen LogP contribution in [0.3, 0.4) is 0 Å². The Labute approximate surface area is 118 Å². The van der Waals surface area contributed by atoms with E-state index in [0.717, 1.165) is 18.4 Å². The van der Waals surface area contributed by atoms with Crippen molar-refractivity contribution in [2.45, 2.75) is 40.0 Å². The summed E-state index contributed by atoms with van der Waals surface area (Å²) in [5.74, 6) is 0.0708. The van der Waals surface area contributed by atoms with Crippen molar-refractivity contribution in [3.05, 3.63) is 23.3 Å². The second-order valence-corrected chi connectivity index (χ2v) is 6.20. The second-order valence-electron chi connectivity index (χ2n) is 6.20. The predicted molar refractivity (Wildman–Crippen MR) is 75.3 cm³/mol. The van der Waals surface area contributed by atoms with E-state index in [1.54, 1.807) is 32.9 Å². The molecule has 0 bridgehead atoms. The molecule has 1 aromatic carbocycles. The number of fused-ring (bicyclic) bond motifs is 1. The highest BCUT2D eigenvalue weighted by Crippen LogP contribution is 2.32. The molecule has 1 aliphatic rings. The lowest BCUT2D eigenvalue weighted by Gasteiger charge is -2.19. The standard InChI is InChI=1S/C16H20O4/c1-16(2,3)15(19)9-13(18)11-8-14-10(7-12(11)17)5-4-6-20-14/h7-8,17H,4-6,9H2,1-3H3. The van der Waals surface area contributed by atoms with Crippen molar-refractivity contribution in [3.8, 4) is 11.5 Å². The molecule has 2 rings (SSSR count). The van der Waals surface area contributed by atoms with Crippen molar-refractivity contribution in [2.24, 2.45) is 5.41 Å². The van der Waals surface area contributed by atoms with E-state index in [2.05, 4.69) is 0 Å². The molecule has 0 aromatic heterocycles. The van der Waals surface area contributed by atoms with Gasteiger partial charge < -0.3 is 9.84 Å². The minimum absolute atomic E-state index is 0.0686. The maximum Gasteiger partial charge on any atom is 0.174 e. The lowest BCUT2D eigenvalue weighted by molar-refractivity contribution is -0.125. The minimum Gasteiger partial charge on any atom is -0.507 e. The van der Waals surface area contributed by atoms with Gasteiger partial charge in [-0.05, 0) is 30.5 Å². The first-order valence-electron chi connectivity index (χ1n) is 6.84. The van der Waals surface area contributed by atoms with Gasteiger partial charge in [-0.3, -0.25) is 9.59 Å². The Morgan fingerprint density at radius 2 is 2.00 bits per heavy atom. The first kappa shape index (κ1) is 14.6. The molecule has 0 radical (unpaired) electrons. The third-order valence-electron chi connectivity index (χ3n) is 3.48. The van der Waals surface area contributed by atoms with Crippen LogP contribution in [0.5, 0.6) is 11.5 Å². The summed E-state index contributed by atoms with van der Waals surface area (Å²) >= 11 is 0. The van der Waals surface area contributed by atoms with Crippen LogP contribution in [0.1, 0.15) is 49.5 Å². The number of phenolic OH excluding ortho intramolecular Hbond substituents is 1. The van der Waals surface area contributed by atoms with Crippen LogP contribution in [0.4, 0.5) is 0 Å². The zero-order valence-corrected chi connectivity index (χ0v) is 12.2. The van der Waals surface area contributed by atoms with Crippen molar-refractivity contribution in [1.29, 1.82) is 0 Å². The third-order valence-corrected chi connectivity index (χ3v) is 3.48. The number of phenols is 1. The number of Topliss-reactive ketones (excluding diaryl/α,β-unsaturated/α-hetero) is 2. The van der Waals surface area contributed by atoms with E-state index in [-0.39, 0.29) is 29.3 Å². The van der Waals surface area contributed by atoms with Gasteiger partial charge in [0.1, 0.15) is 17.3 Å². The Balaban J connectivity index is 2.24. The average Bonchev–Trinajstić information content (AvgIpc) is 2.36. The molecule has 0 saturated carbocycles. The summed E-state index contributed by atoms with van der Waals surface area (Å²) in [5.41, 5.74) is 0.520. The molecule has 0 fully saturated rings. The van der Waals surface area contributed by atoms with Gasteiger partial charge in [-0.1, -0.05) is 20.8 Å². The minimum atomic E-state index is -0.560. The first-order chi connectivity index (χ1) is 9.29. The SMILES string of the molecule is CC(C)(C)C(=O)CC(=O)c1cc2c(cc1O)CCCO2. The number of aromatic hydroxyl groups is 1. The van der Waals surface area contributed by atoms with E-state index < -0.39 is 5.41 Å². The van der Waals surface area contributed by atoms with Gasteiger partial charge in [0.25, 0.3) is 0 Å². The van der Waals surface area contributed by atoms with E-state index in [4.69, 9.17) is 4.74 Å². The molecule has 0 unspecified atom stereocenters. The number of aryl methyl sites for hydroxylation is 1. The van der Waals surface area contributed by atoms with Crippen molar-refractivity contribution < 1.29 is 19.4 Å². The van der Waals surface area contributed by atoms with E-state index >= 15 is 0 Å². The van der Waals surface area contributed by atoms with Gasteiger partial charge in [-0.15, -0.1) is 0 Å². The summed E-state index contributed by atoms with van der Waals surface area (Å²) in [7, 11) is 0. The highest BCUT2D eigenvalue weighted by Gasteiger charge is 2.26. The summed E-state index contributed by atoms with van der Waals surface area (Å²) in [4.78, 5) is 24.1. The van der Waals surface area contributed by atoms with Crippen LogP contribution in [-0.4, -0.2) is 23.3 Å². The summed E-state index contributed by atoms with van der Waals surface area (Å²) in [5, 5.41) is 9.96. The Bertz CT molecular complexity index is 552. The molecule has 108 valence electrons. The number of carbonyl (C=O) groups excluding carboxylic acids is 2. The quantitative estimate of drug-likeness (QED) is 0.681. The molecule has 0 spiro atoms. The third kappa shape index (κ3) is 3.00. The van der Waals surface area contributed by atoms with Crippen molar-refractivity contribution >= 4 is 11.6 Å². The Kier molecular flexibility index (Phi) is 3.84. The molecule has 0 atom stereocenters. The zero-order valence-electron chi connectivity index (χ0n) is 12.2. The largest absolute Gasteiger partial charge is 0.507 e. The second kappa shape index (κ2) is 5.27. The molecular weight excluding hydrogens is 256 g/mol. The smallest absolute Gasteiger partial charge is 0.174 e. The van der Waals surface area contributed by atoms with Gasteiger partial charge in [-0.25, -0.2) is 0 Å².